The maximum Gasteiger partial charge on any atom is 0.141 e. The lowest BCUT2D eigenvalue weighted by molar-refractivity contribution is -0.117. The molecule has 0 N–H and O–H groups in total. The van der Waals surface area contributed by atoms with Crippen LogP contribution >= 0.6 is 0 Å². The first kappa shape index (κ1) is 11.5. The first-order valence-corrected chi connectivity index (χ1v) is 5.38. The van der Waals surface area contributed by atoms with Crippen LogP contribution < -0.4 is 0 Å². The van der Waals surface area contributed by atoms with Gasteiger partial charge in [-0.2, -0.15) is 5.10 Å². The number of halogens is 1. The molecule has 17 heavy (non-hydrogen) atoms. The van der Waals surface area contributed by atoms with Crippen LogP contribution in [-0.4, -0.2) is 15.6 Å². The van der Waals surface area contributed by atoms with E-state index in [4.69, 9.17) is 0 Å². The Morgan fingerprint density at radius 2 is 2.12 bits per heavy atom. The number of ketones is 1. The third kappa shape index (κ3) is 3.00. The predicted octanol–water partition coefficient (Wildman–Crippen LogP) is 1.91. The van der Waals surface area contributed by atoms with E-state index in [1.807, 2.05) is 0 Å². The van der Waals surface area contributed by atoms with E-state index in [1.165, 1.54) is 6.07 Å². The van der Waals surface area contributed by atoms with Gasteiger partial charge in [0.05, 0.1) is 6.20 Å². The van der Waals surface area contributed by atoms with E-state index in [2.05, 4.69) is 5.10 Å². The molecule has 0 radical (unpaired) electrons. The summed E-state index contributed by atoms with van der Waals surface area (Å²) in [5.41, 5.74) is 1.30. The summed E-state index contributed by atoms with van der Waals surface area (Å²) in [6.07, 6.45) is 3.86. The Morgan fingerprint density at radius 1 is 1.35 bits per heavy atom. The lowest BCUT2D eigenvalue weighted by atomic mass is 10.0. The van der Waals surface area contributed by atoms with Gasteiger partial charge in [0.25, 0.3) is 0 Å². The van der Waals surface area contributed by atoms with E-state index in [9.17, 15) is 9.18 Å². The van der Waals surface area contributed by atoms with Gasteiger partial charge in [0.15, 0.2) is 0 Å². The number of carbonyl (C=O) groups excluding carboxylic acids is 1. The molecule has 0 spiro atoms. The minimum Gasteiger partial charge on any atom is -0.299 e. The summed E-state index contributed by atoms with van der Waals surface area (Å²) in [5, 5.41) is 3.98. The molecule has 0 aliphatic heterocycles. The number of nitrogens with zero attached hydrogens (tertiary/aromatic N) is 2. The highest BCUT2D eigenvalue weighted by Crippen LogP contribution is 2.09. The topological polar surface area (TPSA) is 34.9 Å². The van der Waals surface area contributed by atoms with Crippen molar-refractivity contribution in [2.75, 3.05) is 0 Å². The van der Waals surface area contributed by atoms with E-state index in [0.29, 0.717) is 12.0 Å². The Bertz CT molecular complexity index is 534. The van der Waals surface area contributed by atoms with E-state index in [0.717, 1.165) is 5.56 Å². The molecule has 3 nitrogen and oxygen atoms in total. The molecule has 4 heteroatoms. The number of hydrogen-bond acceptors (Lipinski definition) is 2. The first-order chi connectivity index (χ1) is 8.15. The number of benzene rings is 1. The summed E-state index contributed by atoms with van der Waals surface area (Å²) in [7, 11) is 1.80. The zero-order valence-corrected chi connectivity index (χ0v) is 9.56. The monoisotopic (exact) mass is 232 g/mol. The molecule has 1 aromatic carbocycles. The van der Waals surface area contributed by atoms with E-state index >= 15 is 0 Å². The van der Waals surface area contributed by atoms with Crippen LogP contribution in [0, 0.1) is 5.82 Å². The number of Topliss-reactive ketones (excluding diaryl/α,β-unsaturated/α-hetero) is 1. The fourth-order valence-corrected chi connectivity index (χ4v) is 1.71. The molecule has 0 saturated heterocycles. The molecule has 88 valence electrons. The molecule has 0 unspecified atom stereocenters. The molecule has 0 saturated carbocycles. The van der Waals surface area contributed by atoms with Crippen LogP contribution in [0.5, 0.6) is 0 Å². The highest BCUT2D eigenvalue weighted by atomic mass is 19.1. The molecule has 1 heterocycles. The second kappa shape index (κ2) is 4.91. The average molecular weight is 232 g/mol. The molecule has 0 aliphatic rings. The van der Waals surface area contributed by atoms with Crippen molar-refractivity contribution in [2.45, 2.75) is 12.8 Å². The van der Waals surface area contributed by atoms with Crippen molar-refractivity contribution in [3.8, 4) is 0 Å². The molecule has 0 fully saturated rings. The minimum atomic E-state index is -0.327. The zero-order chi connectivity index (χ0) is 12.3. The number of carbonyl (C=O) groups is 1. The van der Waals surface area contributed by atoms with Gasteiger partial charge in [-0.25, -0.2) is 4.39 Å². The summed E-state index contributed by atoms with van der Waals surface area (Å²) in [5.74, 6) is -0.338. The highest BCUT2D eigenvalue weighted by molar-refractivity contribution is 5.83. The lowest BCUT2D eigenvalue weighted by Crippen LogP contribution is -2.07. The summed E-state index contributed by atoms with van der Waals surface area (Å²) in [6.45, 7) is 0. The summed E-state index contributed by atoms with van der Waals surface area (Å²) in [4.78, 5) is 11.7. The average Bonchev–Trinajstić information content (AvgIpc) is 2.67. The summed E-state index contributed by atoms with van der Waals surface area (Å²) in [6, 6.07) is 6.35. The van der Waals surface area contributed by atoms with Crippen molar-refractivity contribution >= 4 is 5.78 Å². The summed E-state index contributed by atoms with van der Waals surface area (Å²) >= 11 is 0. The van der Waals surface area contributed by atoms with Gasteiger partial charge in [0.2, 0.25) is 0 Å². The third-order valence-corrected chi connectivity index (χ3v) is 2.51. The molecular formula is C13H13FN2O. The van der Waals surface area contributed by atoms with Crippen molar-refractivity contribution < 1.29 is 9.18 Å². The number of rotatable bonds is 4. The lowest BCUT2D eigenvalue weighted by Gasteiger charge is -2.01. The van der Waals surface area contributed by atoms with Gasteiger partial charge in [-0.05, 0) is 17.2 Å². The Hall–Kier alpha value is -1.97. The van der Waals surface area contributed by atoms with Crippen LogP contribution in [0.15, 0.2) is 36.7 Å². The molecule has 0 aliphatic carbocycles. The van der Waals surface area contributed by atoms with Gasteiger partial charge in [-0.1, -0.05) is 18.2 Å². The van der Waals surface area contributed by atoms with Crippen LogP contribution in [0.1, 0.15) is 11.1 Å². The minimum absolute atomic E-state index is 0.0110. The van der Waals surface area contributed by atoms with Crippen molar-refractivity contribution in [3.05, 3.63) is 53.6 Å². The summed E-state index contributed by atoms with van der Waals surface area (Å²) < 4.78 is 15.0. The standard InChI is InChI=1S/C13H13FN2O/c1-16-9-10(8-15-16)6-12(17)7-11-4-2-3-5-13(11)14/h2-5,8-9H,6-7H2,1H3. The number of aromatic nitrogens is 2. The third-order valence-electron chi connectivity index (χ3n) is 2.51. The van der Waals surface area contributed by atoms with E-state index in [1.54, 1.807) is 42.3 Å². The second-order valence-corrected chi connectivity index (χ2v) is 4.01. The van der Waals surface area contributed by atoms with Gasteiger partial charge in [-0.3, -0.25) is 9.48 Å². The maximum atomic E-state index is 13.3. The SMILES string of the molecule is Cn1cc(CC(=O)Cc2ccccc2F)cn1. The molecule has 2 aromatic rings. The fraction of sp³-hybridized carbons (Fsp3) is 0.231. The molecular weight excluding hydrogens is 219 g/mol. The Kier molecular flexibility index (Phi) is 3.32. The maximum absolute atomic E-state index is 13.3. The van der Waals surface area contributed by atoms with Crippen molar-refractivity contribution in [1.82, 2.24) is 9.78 Å². The highest BCUT2D eigenvalue weighted by Gasteiger charge is 2.09. The van der Waals surface area contributed by atoms with Gasteiger partial charge in [0, 0.05) is 26.1 Å². The molecule has 1 aromatic heterocycles. The van der Waals surface area contributed by atoms with Gasteiger partial charge in [0.1, 0.15) is 11.6 Å². The fourth-order valence-electron chi connectivity index (χ4n) is 1.71. The van der Waals surface area contributed by atoms with Gasteiger partial charge >= 0.3 is 0 Å². The molecule has 2 rings (SSSR count). The van der Waals surface area contributed by atoms with Crippen molar-refractivity contribution in [2.24, 2.45) is 7.05 Å². The quantitative estimate of drug-likeness (QED) is 0.807. The van der Waals surface area contributed by atoms with Crippen LogP contribution in [0.2, 0.25) is 0 Å². The van der Waals surface area contributed by atoms with Crippen LogP contribution in [-0.2, 0) is 24.7 Å². The first-order valence-electron chi connectivity index (χ1n) is 5.38. The molecule has 0 amide bonds. The largest absolute Gasteiger partial charge is 0.299 e. The Labute approximate surface area is 98.9 Å². The van der Waals surface area contributed by atoms with Gasteiger partial charge < -0.3 is 0 Å². The van der Waals surface area contributed by atoms with Crippen LogP contribution in [0.25, 0.3) is 0 Å². The zero-order valence-electron chi connectivity index (χ0n) is 9.56. The van der Waals surface area contributed by atoms with Crippen LogP contribution in [0.3, 0.4) is 0 Å². The van der Waals surface area contributed by atoms with E-state index in [-0.39, 0.29) is 18.0 Å². The molecule has 0 bridgehead atoms. The Morgan fingerprint density at radius 3 is 2.76 bits per heavy atom. The van der Waals surface area contributed by atoms with E-state index < -0.39 is 0 Å². The van der Waals surface area contributed by atoms with Gasteiger partial charge in [-0.15, -0.1) is 0 Å². The van der Waals surface area contributed by atoms with Crippen molar-refractivity contribution in [3.63, 3.8) is 0 Å². The Balaban J connectivity index is 2.01. The van der Waals surface area contributed by atoms with Crippen LogP contribution in [0.4, 0.5) is 4.39 Å². The number of aryl methyl sites for hydroxylation is 1. The normalized spacial score (nSPS) is 10.5. The second-order valence-electron chi connectivity index (χ2n) is 4.01. The smallest absolute Gasteiger partial charge is 0.141 e. The number of hydrogen-bond donors (Lipinski definition) is 0. The predicted molar refractivity (Wildman–Crippen MR) is 62.0 cm³/mol. The van der Waals surface area contributed by atoms with Crippen molar-refractivity contribution in [1.29, 1.82) is 0 Å². The molecule has 0 atom stereocenters.